The third-order valence-corrected chi connectivity index (χ3v) is 9.26. The van der Waals surface area contributed by atoms with Crippen molar-refractivity contribution in [2.24, 2.45) is 0 Å². The highest BCUT2D eigenvalue weighted by Gasteiger charge is 2.12. The Morgan fingerprint density at radius 2 is 1.19 bits per heavy atom. The number of carbonyl (C=O) groups is 2. The maximum Gasteiger partial charge on any atom is 0.234 e. The summed E-state index contributed by atoms with van der Waals surface area (Å²) in [5.74, 6) is 0.0888. The van der Waals surface area contributed by atoms with Crippen molar-refractivity contribution >= 4 is 92.6 Å². The normalized spacial score (nSPS) is 10.9. The molecule has 14 heteroatoms. The van der Waals surface area contributed by atoms with Crippen molar-refractivity contribution in [1.82, 2.24) is 20.4 Å². The predicted molar refractivity (Wildman–Crippen MR) is 154 cm³/mol. The molecule has 0 saturated heterocycles. The van der Waals surface area contributed by atoms with Crippen LogP contribution in [0, 0.1) is 13.8 Å². The molecule has 0 radical (unpaired) electrons. The van der Waals surface area contributed by atoms with Crippen molar-refractivity contribution in [1.29, 1.82) is 0 Å². The molecule has 8 nitrogen and oxygen atoms in total. The molecule has 0 bridgehead atoms. The van der Waals surface area contributed by atoms with E-state index >= 15 is 0 Å². The summed E-state index contributed by atoms with van der Waals surface area (Å²) in [5.41, 5.74) is 3.00. The van der Waals surface area contributed by atoms with Gasteiger partial charge >= 0.3 is 0 Å². The molecule has 0 fully saturated rings. The van der Waals surface area contributed by atoms with Gasteiger partial charge in [0.15, 0.2) is 8.68 Å². The zero-order chi connectivity index (χ0) is 26.4. The van der Waals surface area contributed by atoms with E-state index in [1.54, 1.807) is 12.1 Å². The number of aryl methyl sites for hydroxylation is 2. The summed E-state index contributed by atoms with van der Waals surface area (Å²) in [6.07, 6.45) is 0.584. The largest absolute Gasteiger partial charge is 0.324 e. The fraction of sp³-hybridized carbons (Fsp3) is 0.217. The number of anilines is 2. The molecular weight excluding hydrogens is 591 g/mol. The monoisotopic (exact) mass is 610 g/mol. The topological polar surface area (TPSA) is 110 Å². The molecule has 4 rings (SSSR count). The molecule has 2 N–H and O–H groups in total. The Bertz CT molecular complexity index is 1320. The van der Waals surface area contributed by atoms with Gasteiger partial charge in [0.05, 0.1) is 32.9 Å². The fourth-order valence-electron chi connectivity index (χ4n) is 3.08. The van der Waals surface area contributed by atoms with Gasteiger partial charge < -0.3 is 10.6 Å². The molecule has 37 heavy (non-hydrogen) atoms. The lowest BCUT2D eigenvalue weighted by molar-refractivity contribution is -0.114. The quantitative estimate of drug-likeness (QED) is 0.199. The molecule has 2 amide bonds. The Kier molecular flexibility index (Phi) is 9.79. The van der Waals surface area contributed by atoms with Crippen molar-refractivity contribution in [3.63, 3.8) is 0 Å². The van der Waals surface area contributed by atoms with E-state index in [1.807, 2.05) is 38.1 Å². The van der Waals surface area contributed by atoms with Gasteiger partial charge in [-0.3, -0.25) is 9.59 Å². The number of halogens is 2. The van der Waals surface area contributed by atoms with Crippen LogP contribution in [0.2, 0.25) is 10.0 Å². The van der Waals surface area contributed by atoms with Gasteiger partial charge in [-0.05, 0) is 55.7 Å². The number of rotatable bonds is 10. The van der Waals surface area contributed by atoms with Gasteiger partial charge in [0, 0.05) is 0 Å². The molecule has 0 atom stereocenters. The van der Waals surface area contributed by atoms with Gasteiger partial charge in [-0.1, -0.05) is 81.5 Å². The van der Waals surface area contributed by atoms with Crippen molar-refractivity contribution in [3.8, 4) is 0 Å². The molecule has 0 spiro atoms. The van der Waals surface area contributed by atoms with Crippen molar-refractivity contribution < 1.29 is 9.59 Å². The summed E-state index contributed by atoms with van der Waals surface area (Å²) in [6.45, 7) is 3.74. The minimum absolute atomic E-state index is 0.172. The Morgan fingerprint density at radius 3 is 1.54 bits per heavy atom. The number of aromatic nitrogens is 4. The number of benzene rings is 2. The van der Waals surface area contributed by atoms with Gasteiger partial charge in [0.2, 0.25) is 11.8 Å². The fourth-order valence-corrected chi connectivity index (χ4v) is 6.81. The molecule has 4 aromatic rings. The molecule has 0 aliphatic rings. The lowest BCUT2D eigenvalue weighted by atomic mass is 10.0. The lowest BCUT2D eigenvalue weighted by Crippen LogP contribution is -2.14. The number of nitrogens with zero attached hydrogens (tertiary/aromatic N) is 4. The molecule has 2 heterocycles. The van der Waals surface area contributed by atoms with Gasteiger partial charge in [-0.25, -0.2) is 0 Å². The van der Waals surface area contributed by atoms with Crippen LogP contribution in [-0.4, -0.2) is 43.7 Å². The number of hydrogen-bond acceptors (Lipinski definition) is 10. The predicted octanol–water partition coefficient (Wildman–Crippen LogP) is 6.37. The second kappa shape index (κ2) is 13.0. The van der Waals surface area contributed by atoms with E-state index in [1.165, 1.54) is 46.2 Å². The van der Waals surface area contributed by atoms with Crippen molar-refractivity contribution in [3.05, 3.63) is 67.6 Å². The van der Waals surface area contributed by atoms with E-state index in [0.717, 1.165) is 29.8 Å². The smallest absolute Gasteiger partial charge is 0.234 e. The molecule has 0 aliphatic heterocycles. The second-order valence-electron chi connectivity index (χ2n) is 7.65. The van der Waals surface area contributed by atoms with E-state index in [2.05, 4.69) is 31.0 Å². The van der Waals surface area contributed by atoms with Crippen LogP contribution in [0.15, 0.2) is 45.1 Å². The highest BCUT2D eigenvalue weighted by Crippen LogP contribution is 2.29. The minimum Gasteiger partial charge on any atom is -0.324 e. The van der Waals surface area contributed by atoms with Crippen LogP contribution < -0.4 is 10.6 Å². The Hall–Kier alpha value is -2.22. The molecular formula is C23H20Cl2N6O2S4. The third kappa shape index (κ3) is 8.39. The second-order valence-corrected chi connectivity index (χ2v) is 13.3. The first-order chi connectivity index (χ1) is 17.7. The van der Waals surface area contributed by atoms with E-state index in [4.69, 9.17) is 23.2 Å². The Balaban J connectivity index is 1.29. The number of carbonyl (C=O) groups excluding carboxylic acids is 2. The average Bonchev–Trinajstić information content (AvgIpc) is 3.47. The van der Waals surface area contributed by atoms with Crippen LogP contribution >= 0.6 is 69.4 Å². The Labute approximate surface area is 240 Å². The summed E-state index contributed by atoms with van der Waals surface area (Å²) < 4.78 is 1.50. The standard InChI is InChI=1S/C23H20Cl2N6O2S4/c1-12-28-30-22(36-12)34-10-20(32)26-18-5-3-14(8-16(18)24)7-15-4-6-19(17(25)9-15)27-21(33)11-35-23-31-29-13(2)37-23/h3-6,8-9H,7,10-11H2,1-2H3,(H,26,32)(H,27,33). The maximum absolute atomic E-state index is 12.3. The molecule has 2 aromatic heterocycles. The van der Waals surface area contributed by atoms with Crippen molar-refractivity contribution in [2.75, 3.05) is 22.1 Å². The number of hydrogen-bond donors (Lipinski definition) is 2. The number of thioether (sulfide) groups is 2. The summed E-state index contributed by atoms with van der Waals surface area (Å²) in [4.78, 5) is 24.6. The highest BCUT2D eigenvalue weighted by molar-refractivity contribution is 8.01. The molecule has 0 aliphatic carbocycles. The van der Waals surface area contributed by atoms with Crippen LogP contribution in [0.25, 0.3) is 0 Å². The molecule has 192 valence electrons. The van der Waals surface area contributed by atoms with Crippen LogP contribution in [0.4, 0.5) is 11.4 Å². The zero-order valence-corrected chi connectivity index (χ0v) is 24.4. The first-order valence-electron chi connectivity index (χ1n) is 10.8. The first-order valence-corrected chi connectivity index (χ1v) is 15.1. The molecule has 2 aromatic carbocycles. The molecule has 0 saturated carbocycles. The van der Waals surface area contributed by atoms with Crippen LogP contribution in [-0.2, 0) is 16.0 Å². The van der Waals surface area contributed by atoms with Gasteiger partial charge in [0.1, 0.15) is 10.0 Å². The van der Waals surface area contributed by atoms with Crippen molar-refractivity contribution in [2.45, 2.75) is 28.9 Å². The van der Waals surface area contributed by atoms with Gasteiger partial charge in [-0.2, -0.15) is 0 Å². The highest BCUT2D eigenvalue weighted by atomic mass is 35.5. The molecule has 0 unspecified atom stereocenters. The minimum atomic E-state index is -0.172. The summed E-state index contributed by atoms with van der Waals surface area (Å²) >= 11 is 18.4. The number of amides is 2. The maximum atomic E-state index is 12.3. The zero-order valence-electron chi connectivity index (χ0n) is 19.6. The first kappa shape index (κ1) is 27.8. The Morgan fingerprint density at radius 1 is 0.757 bits per heavy atom. The lowest BCUT2D eigenvalue weighted by Gasteiger charge is -2.11. The number of nitrogens with one attached hydrogen (secondary N) is 2. The van der Waals surface area contributed by atoms with Gasteiger partial charge in [0.25, 0.3) is 0 Å². The summed E-state index contributed by atoms with van der Waals surface area (Å²) in [7, 11) is 0. The summed E-state index contributed by atoms with van der Waals surface area (Å²) in [6, 6.07) is 11.0. The van der Waals surface area contributed by atoms with E-state index in [9.17, 15) is 9.59 Å². The SMILES string of the molecule is Cc1nnc(SCC(=O)Nc2ccc(Cc3ccc(NC(=O)CSc4nnc(C)s4)c(Cl)c3)cc2Cl)s1. The average molecular weight is 612 g/mol. The van der Waals surface area contributed by atoms with Crippen LogP contribution in [0.1, 0.15) is 21.1 Å². The summed E-state index contributed by atoms with van der Waals surface area (Å²) in [5, 5.41) is 24.2. The van der Waals surface area contributed by atoms with E-state index in [-0.39, 0.29) is 23.3 Å². The van der Waals surface area contributed by atoms with Crippen LogP contribution in [0.5, 0.6) is 0 Å². The van der Waals surface area contributed by atoms with E-state index in [0.29, 0.717) is 27.8 Å². The van der Waals surface area contributed by atoms with Crippen LogP contribution in [0.3, 0.4) is 0 Å². The van der Waals surface area contributed by atoms with E-state index < -0.39 is 0 Å². The van der Waals surface area contributed by atoms with Gasteiger partial charge in [-0.15, -0.1) is 20.4 Å². The third-order valence-electron chi connectivity index (χ3n) is 4.69.